The molecule has 1 atom stereocenters. The van der Waals surface area contributed by atoms with E-state index in [-0.39, 0.29) is 16.8 Å². The zero-order valence-electron chi connectivity index (χ0n) is 11.5. The smallest absolute Gasteiger partial charge is 0.310 e. The fraction of sp³-hybridized carbons (Fsp3) is 0.571. The molecule has 0 aromatic heterocycles. The summed E-state index contributed by atoms with van der Waals surface area (Å²) in [7, 11) is 0. The summed E-state index contributed by atoms with van der Waals surface area (Å²) in [4.78, 5) is 12.8. The average Bonchev–Trinajstić information content (AvgIpc) is 2.44. The van der Waals surface area contributed by atoms with Crippen LogP contribution in [0.3, 0.4) is 0 Å². The Kier molecular flexibility index (Phi) is 5.20. The molecule has 1 aromatic rings. The van der Waals surface area contributed by atoms with E-state index in [1.165, 1.54) is 0 Å². The van der Waals surface area contributed by atoms with Crippen LogP contribution < -0.4 is 4.90 Å². The van der Waals surface area contributed by atoms with Crippen molar-refractivity contribution in [3.63, 3.8) is 0 Å². The van der Waals surface area contributed by atoms with Gasteiger partial charge in [0.05, 0.1) is 11.0 Å². The number of halogens is 1. The maximum atomic E-state index is 11.2. The third-order valence-electron chi connectivity index (χ3n) is 3.42. The van der Waals surface area contributed by atoms with E-state index in [1.54, 1.807) is 18.2 Å². The number of hydrogen-bond acceptors (Lipinski definition) is 4. The molecule has 0 bridgehead atoms. The zero-order chi connectivity index (χ0) is 14.5. The van der Waals surface area contributed by atoms with Crippen LogP contribution in [-0.2, 0) is 4.74 Å². The molecule has 2 rings (SSSR count). The Morgan fingerprint density at radius 1 is 1.55 bits per heavy atom. The second-order valence-corrected chi connectivity index (χ2v) is 5.35. The molecular formula is C14H19ClN2O3. The second-order valence-electron chi connectivity index (χ2n) is 4.95. The predicted octanol–water partition coefficient (Wildman–Crippen LogP) is 3.64. The minimum atomic E-state index is -0.409. The fourth-order valence-corrected chi connectivity index (χ4v) is 2.76. The summed E-state index contributed by atoms with van der Waals surface area (Å²) < 4.78 is 5.77. The normalized spacial score (nSPS) is 19.1. The van der Waals surface area contributed by atoms with Crippen molar-refractivity contribution in [1.82, 2.24) is 0 Å². The third kappa shape index (κ3) is 3.41. The van der Waals surface area contributed by atoms with Gasteiger partial charge in [-0.05, 0) is 31.4 Å². The zero-order valence-corrected chi connectivity index (χ0v) is 12.3. The molecule has 0 aliphatic carbocycles. The molecule has 1 aliphatic rings. The summed E-state index contributed by atoms with van der Waals surface area (Å²) in [6.07, 6.45) is 3.10. The largest absolute Gasteiger partial charge is 0.376 e. The van der Waals surface area contributed by atoms with E-state index < -0.39 is 4.92 Å². The minimum Gasteiger partial charge on any atom is -0.376 e. The van der Waals surface area contributed by atoms with Crippen molar-refractivity contribution in [1.29, 1.82) is 0 Å². The topological polar surface area (TPSA) is 55.6 Å². The molecule has 1 saturated heterocycles. The number of piperidine rings is 1. The molecular weight excluding hydrogens is 280 g/mol. The van der Waals surface area contributed by atoms with Gasteiger partial charge < -0.3 is 9.64 Å². The molecule has 5 nitrogen and oxygen atoms in total. The number of rotatable bonds is 5. The van der Waals surface area contributed by atoms with E-state index in [1.807, 2.05) is 4.90 Å². The number of anilines is 1. The van der Waals surface area contributed by atoms with Gasteiger partial charge in [-0.3, -0.25) is 10.1 Å². The Bertz CT molecular complexity index is 481. The highest BCUT2D eigenvalue weighted by atomic mass is 35.5. The highest BCUT2D eigenvalue weighted by Gasteiger charge is 2.27. The lowest BCUT2D eigenvalue weighted by Crippen LogP contribution is -2.40. The number of nitro benzene ring substituents is 1. The number of hydrogen-bond donors (Lipinski definition) is 0. The van der Waals surface area contributed by atoms with Gasteiger partial charge in [0.1, 0.15) is 10.7 Å². The van der Waals surface area contributed by atoms with E-state index in [4.69, 9.17) is 16.3 Å². The first-order chi connectivity index (χ1) is 9.63. The van der Waals surface area contributed by atoms with Crippen molar-refractivity contribution >= 4 is 23.0 Å². The molecule has 1 aromatic carbocycles. The van der Waals surface area contributed by atoms with E-state index in [9.17, 15) is 10.1 Å². The van der Waals surface area contributed by atoms with Crippen LogP contribution in [-0.4, -0.2) is 30.7 Å². The minimum absolute atomic E-state index is 0.00897. The Labute approximate surface area is 123 Å². The predicted molar refractivity (Wildman–Crippen MR) is 79.6 cm³/mol. The van der Waals surface area contributed by atoms with Crippen LogP contribution in [0.4, 0.5) is 11.4 Å². The van der Waals surface area contributed by atoms with Gasteiger partial charge >= 0.3 is 5.69 Å². The summed E-state index contributed by atoms with van der Waals surface area (Å²) in [5.74, 6) is 0. The maximum Gasteiger partial charge on any atom is 0.310 e. The van der Waals surface area contributed by atoms with Crippen LogP contribution in [0, 0.1) is 10.1 Å². The van der Waals surface area contributed by atoms with Crippen LogP contribution in [0.25, 0.3) is 0 Å². The number of nitro groups is 1. The summed E-state index contributed by atoms with van der Waals surface area (Å²) in [5.41, 5.74) is 0.581. The Morgan fingerprint density at radius 3 is 3.05 bits per heavy atom. The van der Waals surface area contributed by atoms with Crippen molar-refractivity contribution in [2.24, 2.45) is 0 Å². The molecule has 6 heteroatoms. The fourth-order valence-electron chi connectivity index (χ4n) is 2.52. The Balaban J connectivity index is 2.18. The standard InChI is InChI=1S/C14H19ClN2O3/c1-2-9-20-11-5-4-8-16(10-11)13-7-3-6-12(15)14(13)17(18)19/h3,6-7,11H,2,4-5,8-10H2,1H3. The number of benzene rings is 1. The summed E-state index contributed by atoms with van der Waals surface area (Å²) in [6.45, 7) is 4.28. The summed E-state index contributed by atoms with van der Waals surface area (Å²) in [5, 5.41) is 11.4. The van der Waals surface area contributed by atoms with Gasteiger partial charge in [0.25, 0.3) is 0 Å². The van der Waals surface area contributed by atoms with Crippen molar-refractivity contribution in [2.45, 2.75) is 32.3 Å². The van der Waals surface area contributed by atoms with E-state index >= 15 is 0 Å². The number of para-hydroxylation sites is 1. The van der Waals surface area contributed by atoms with Crippen LogP contribution in [0.1, 0.15) is 26.2 Å². The van der Waals surface area contributed by atoms with Gasteiger partial charge in [-0.25, -0.2) is 0 Å². The molecule has 110 valence electrons. The molecule has 1 fully saturated rings. The van der Waals surface area contributed by atoms with E-state index in [0.717, 1.165) is 32.4 Å². The van der Waals surface area contributed by atoms with E-state index in [0.29, 0.717) is 12.2 Å². The first-order valence-corrected chi connectivity index (χ1v) is 7.30. The molecule has 0 N–H and O–H groups in total. The maximum absolute atomic E-state index is 11.2. The Hall–Kier alpha value is -1.33. The first-order valence-electron chi connectivity index (χ1n) is 6.93. The van der Waals surface area contributed by atoms with Crippen molar-refractivity contribution < 1.29 is 9.66 Å². The quantitative estimate of drug-likeness (QED) is 0.615. The van der Waals surface area contributed by atoms with Gasteiger partial charge in [-0.15, -0.1) is 0 Å². The molecule has 0 radical (unpaired) electrons. The van der Waals surface area contributed by atoms with Gasteiger partial charge in [-0.1, -0.05) is 24.6 Å². The molecule has 0 amide bonds. The van der Waals surface area contributed by atoms with Crippen LogP contribution in [0.15, 0.2) is 18.2 Å². The third-order valence-corrected chi connectivity index (χ3v) is 3.73. The average molecular weight is 299 g/mol. The van der Waals surface area contributed by atoms with Gasteiger partial charge in [-0.2, -0.15) is 0 Å². The first kappa shape index (κ1) is 15.1. The summed E-state index contributed by atoms with van der Waals surface area (Å²) in [6, 6.07) is 5.06. The van der Waals surface area contributed by atoms with Crippen LogP contribution >= 0.6 is 11.6 Å². The number of nitrogens with zero attached hydrogens (tertiary/aromatic N) is 2. The lowest BCUT2D eigenvalue weighted by molar-refractivity contribution is -0.384. The molecule has 20 heavy (non-hydrogen) atoms. The van der Waals surface area contributed by atoms with Crippen molar-refractivity contribution in [2.75, 3.05) is 24.6 Å². The summed E-state index contributed by atoms with van der Waals surface area (Å²) >= 11 is 5.96. The second kappa shape index (κ2) is 6.90. The van der Waals surface area contributed by atoms with Crippen molar-refractivity contribution in [3.05, 3.63) is 33.3 Å². The lowest BCUT2D eigenvalue weighted by atomic mass is 10.1. The molecule has 1 unspecified atom stereocenters. The van der Waals surface area contributed by atoms with Gasteiger partial charge in [0.2, 0.25) is 0 Å². The van der Waals surface area contributed by atoms with Gasteiger partial charge in [0, 0.05) is 19.7 Å². The van der Waals surface area contributed by atoms with Gasteiger partial charge in [0.15, 0.2) is 0 Å². The monoisotopic (exact) mass is 298 g/mol. The molecule has 0 saturated carbocycles. The SMILES string of the molecule is CCCOC1CCCN(c2cccc(Cl)c2[N+](=O)[O-])C1. The van der Waals surface area contributed by atoms with Crippen LogP contribution in [0.5, 0.6) is 0 Å². The molecule has 0 spiro atoms. The molecule has 1 heterocycles. The number of ether oxygens (including phenoxy) is 1. The Morgan fingerprint density at radius 2 is 2.35 bits per heavy atom. The highest BCUT2D eigenvalue weighted by Crippen LogP contribution is 2.36. The van der Waals surface area contributed by atoms with Crippen LogP contribution in [0.2, 0.25) is 5.02 Å². The molecule has 1 aliphatic heterocycles. The van der Waals surface area contributed by atoms with E-state index in [2.05, 4.69) is 6.92 Å². The lowest BCUT2D eigenvalue weighted by Gasteiger charge is -2.34. The highest BCUT2D eigenvalue weighted by molar-refractivity contribution is 6.33. The van der Waals surface area contributed by atoms with Crippen molar-refractivity contribution in [3.8, 4) is 0 Å².